The van der Waals surface area contributed by atoms with Crippen molar-refractivity contribution in [1.29, 1.82) is 0 Å². The highest BCUT2D eigenvalue weighted by Crippen LogP contribution is 2.19. The van der Waals surface area contributed by atoms with Gasteiger partial charge in [-0.3, -0.25) is 4.79 Å². The van der Waals surface area contributed by atoms with Crippen molar-refractivity contribution >= 4 is 40.8 Å². The van der Waals surface area contributed by atoms with Crippen LogP contribution < -0.4 is 5.32 Å². The van der Waals surface area contributed by atoms with Gasteiger partial charge in [-0.15, -0.1) is 11.6 Å². The third-order valence-corrected chi connectivity index (χ3v) is 2.18. The normalized spacial score (nSPS) is 9.69. The second kappa shape index (κ2) is 5.72. The van der Waals surface area contributed by atoms with Gasteiger partial charge < -0.3 is 10.1 Å². The number of anilines is 1. The van der Waals surface area contributed by atoms with Crippen LogP contribution in [0.2, 0.25) is 5.02 Å². The van der Waals surface area contributed by atoms with Crippen molar-refractivity contribution in [3.8, 4) is 0 Å². The number of ether oxygens (including phenoxy) is 1. The second-order valence-corrected chi connectivity index (χ2v) is 3.61. The fourth-order valence-corrected chi connectivity index (χ4v) is 1.39. The summed E-state index contributed by atoms with van der Waals surface area (Å²) in [5.74, 6) is -1.07. The Labute approximate surface area is 102 Å². The summed E-state index contributed by atoms with van der Waals surface area (Å²) in [4.78, 5) is 22.3. The summed E-state index contributed by atoms with van der Waals surface area (Å²) in [5.41, 5.74) is 0.665. The molecule has 16 heavy (non-hydrogen) atoms. The number of amides is 1. The van der Waals surface area contributed by atoms with Gasteiger partial charge in [-0.05, 0) is 18.2 Å². The van der Waals surface area contributed by atoms with E-state index in [0.717, 1.165) is 0 Å². The molecule has 1 amide bonds. The van der Waals surface area contributed by atoms with E-state index >= 15 is 0 Å². The molecule has 0 aliphatic rings. The number of methoxy groups -OCH3 is 1. The SMILES string of the molecule is COC(=O)c1cc(Cl)cc(NC(=O)CCl)c1. The van der Waals surface area contributed by atoms with Crippen LogP contribution in [0.25, 0.3) is 0 Å². The van der Waals surface area contributed by atoms with Crippen LogP contribution >= 0.6 is 23.2 Å². The Bertz CT molecular complexity index is 421. The Morgan fingerprint density at radius 1 is 1.38 bits per heavy atom. The zero-order valence-electron chi connectivity index (χ0n) is 8.42. The first-order valence-electron chi connectivity index (χ1n) is 4.31. The molecule has 4 nitrogen and oxygen atoms in total. The molecule has 0 fully saturated rings. The minimum absolute atomic E-state index is 0.167. The summed E-state index contributed by atoms with van der Waals surface area (Å²) in [6, 6.07) is 4.42. The molecule has 0 saturated heterocycles. The summed E-state index contributed by atoms with van der Waals surface area (Å²) < 4.78 is 4.54. The molecule has 0 saturated carbocycles. The molecule has 0 unspecified atom stereocenters. The van der Waals surface area contributed by atoms with E-state index in [1.807, 2.05) is 0 Å². The Kier molecular flexibility index (Phi) is 4.58. The predicted octanol–water partition coefficient (Wildman–Crippen LogP) is 2.30. The Morgan fingerprint density at radius 3 is 2.62 bits per heavy atom. The monoisotopic (exact) mass is 261 g/mol. The van der Waals surface area contributed by atoms with Crippen LogP contribution in [0, 0.1) is 0 Å². The van der Waals surface area contributed by atoms with Gasteiger partial charge in [-0.2, -0.15) is 0 Å². The van der Waals surface area contributed by atoms with E-state index in [4.69, 9.17) is 23.2 Å². The van der Waals surface area contributed by atoms with Crippen LogP contribution in [-0.4, -0.2) is 24.9 Å². The average Bonchev–Trinajstić information content (AvgIpc) is 2.27. The first kappa shape index (κ1) is 12.8. The van der Waals surface area contributed by atoms with E-state index in [-0.39, 0.29) is 17.4 Å². The van der Waals surface area contributed by atoms with Gasteiger partial charge in [-0.1, -0.05) is 11.6 Å². The number of nitrogens with one attached hydrogen (secondary N) is 1. The minimum Gasteiger partial charge on any atom is -0.465 e. The highest BCUT2D eigenvalue weighted by Gasteiger charge is 2.09. The molecule has 1 rings (SSSR count). The van der Waals surface area contributed by atoms with Crippen molar-refractivity contribution in [1.82, 2.24) is 0 Å². The van der Waals surface area contributed by atoms with Crippen molar-refractivity contribution in [2.45, 2.75) is 0 Å². The van der Waals surface area contributed by atoms with Gasteiger partial charge in [0.25, 0.3) is 0 Å². The van der Waals surface area contributed by atoms with Crippen molar-refractivity contribution in [2.75, 3.05) is 18.3 Å². The topological polar surface area (TPSA) is 55.4 Å². The number of carbonyl (C=O) groups is 2. The van der Waals surface area contributed by atoms with Crippen LogP contribution in [0.15, 0.2) is 18.2 Å². The maximum Gasteiger partial charge on any atom is 0.337 e. The van der Waals surface area contributed by atoms with E-state index in [2.05, 4.69) is 10.1 Å². The number of alkyl halides is 1. The highest BCUT2D eigenvalue weighted by atomic mass is 35.5. The van der Waals surface area contributed by atoms with Gasteiger partial charge in [-0.25, -0.2) is 4.79 Å². The number of hydrogen-bond donors (Lipinski definition) is 1. The number of benzene rings is 1. The van der Waals surface area contributed by atoms with E-state index in [9.17, 15) is 9.59 Å². The standard InChI is InChI=1S/C10H9Cl2NO3/c1-16-10(15)6-2-7(12)4-8(3-6)13-9(14)5-11/h2-4H,5H2,1H3,(H,13,14). The largest absolute Gasteiger partial charge is 0.465 e. The van der Waals surface area contributed by atoms with Crippen molar-refractivity contribution in [2.24, 2.45) is 0 Å². The number of hydrogen-bond acceptors (Lipinski definition) is 3. The third-order valence-electron chi connectivity index (χ3n) is 1.72. The molecule has 86 valence electrons. The molecule has 0 heterocycles. The Morgan fingerprint density at radius 2 is 2.06 bits per heavy atom. The van der Waals surface area contributed by atoms with Gasteiger partial charge in [0.05, 0.1) is 12.7 Å². The first-order chi connectivity index (χ1) is 7.56. The van der Waals surface area contributed by atoms with Crippen molar-refractivity contribution in [3.63, 3.8) is 0 Å². The molecule has 0 radical (unpaired) electrons. The van der Waals surface area contributed by atoms with E-state index in [0.29, 0.717) is 10.7 Å². The first-order valence-corrected chi connectivity index (χ1v) is 5.22. The van der Waals surface area contributed by atoms with Crippen LogP contribution in [0.3, 0.4) is 0 Å². The van der Waals surface area contributed by atoms with Crippen LogP contribution in [0.4, 0.5) is 5.69 Å². The summed E-state index contributed by atoms with van der Waals surface area (Å²) in [7, 11) is 1.26. The smallest absolute Gasteiger partial charge is 0.337 e. The maximum absolute atomic E-state index is 11.3. The van der Waals surface area contributed by atoms with Crippen LogP contribution in [0.5, 0.6) is 0 Å². The van der Waals surface area contributed by atoms with E-state index in [1.54, 1.807) is 0 Å². The van der Waals surface area contributed by atoms with Crippen LogP contribution in [-0.2, 0) is 9.53 Å². The van der Waals surface area contributed by atoms with Gasteiger partial charge >= 0.3 is 5.97 Å². The maximum atomic E-state index is 11.3. The zero-order valence-corrected chi connectivity index (χ0v) is 9.93. The molecular formula is C10H9Cl2NO3. The molecule has 1 aromatic carbocycles. The zero-order chi connectivity index (χ0) is 12.1. The number of rotatable bonds is 3. The number of esters is 1. The Balaban J connectivity index is 2.98. The van der Waals surface area contributed by atoms with Crippen molar-refractivity contribution < 1.29 is 14.3 Å². The summed E-state index contributed by atoms with van der Waals surface area (Å²) in [5, 5.41) is 2.82. The fraction of sp³-hybridized carbons (Fsp3) is 0.200. The molecule has 0 bridgehead atoms. The summed E-state index contributed by atoms with van der Waals surface area (Å²) in [6.07, 6.45) is 0. The van der Waals surface area contributed by atoms with Gasteiger partial charge in [0.1, 0.15) is 5.88 Å². The lowest BCUT2D eigenvalue weighted by atomic mass is 10.2. The number of halogens is 2. The van der Waals surface area contributed by atoms with Crippen molar-refractivity contribution in [3.05, 3.63) is 28.8 Å². The van der Waals surface area contributed by atoms with E-state index < -0.39 is 5.97 Å². The molecular weight excluding hydrogens is 253 g/mol. The lowest BCUT2D eigenvalue weighted by molar-refractivity contribution is -0.113. The number of carbonyl (C=O) groups excluding carboxylic acids is 2. The minimum atomic E-state index is -0.524. The van der Waals surface area contributed by atoms with Gasteiger partial charge in [0, 0.05) is 10.7 Å². The molecule has 6 heteroatoms. The van der Waals surface area contributed by atoms with E-state index in [1.165, 1.54) is 25.3 Å². The van der Waals surface area contributed by atoms with Crippen LogP contribution in [0.1, 0.15) is 10.4 Å². The Hall–Kier alpha value is -1.26. The fourth-order valence-electron chi connectivity index (χ4n) is 1.09. The quantitative estimate of drug-likeness (QED) is 0.671. The second-order valence-electron chi connectivity index (χ2n) is 2.90. The molecule has 1 aromatic rings. The lowest BCUT2D eigenvalue weighted by Crippen LogP contribution is -2.13. The summed E-state index contributed by atoms with van der Waals surface area (Å²) in [6.45, 7) is 0. The molecule has 0 spiro atoms. The van der Waals surface area contributed by atoms with Gasteiger partial charge in [0.2, 0.25) is 5.91 Å². The summed E-state index contributed by atoms with van der Waals surface area (Å²) >= 11 is 11.1. The molecule has 0 aliphatic heterocycles. The molecule has 0 atom stereocenters. The molecule has 1 N–H and O–H groups in total. The average molecular weight is 262 g/mol. The third kappa shape index (κ3) is 3.40. The lowest BCUT2D eigenvalue weighted by Gasteiger charge is -2.06. The highest BCUT2D eigenvalue weighted by molar-refractivity contribution is 6.31. The molecule has 0 aromatic heterocycles. The molecule has 0 aliphatic carbocycles. The van der Waals surface area contributed by atoms with Gasteiger partial charge in [0.15, 0.2) is 0 Å². The predicted molar refractivity (Wildman–Crippen MR) is 62.1 cm³/mol.